The van der Waals surface area contributed by atoms with Gasteiger partial charge in [0.15, 0.2) is 5.69 Å². The van der Waals surface area contributed by atoms with E-state index in [2.05, 4.69) is 19.2 Å². The number of aromatic nitrogens is 2. The number of amides is 2. The number of nitrogens with one attached hydrogen (secondary N) is 1. The van der Waals surface area contributed by atoms with E-state index in [9.17, 15) is 9.59 Å². The van der Waals surface area contributed by atoms with Crippen LogP contribution in [0.4, 0.5) is 0 Å². The molecular weight excluding hydrogens is 364 g/mol. The van der Waals surface area contributed by atoms with E-state index in [0.29, 0.717) is 30.3 Å². The molecule has 1 fully saturated rings. The van der Waals surface area contributed by atoms with Crippen LogP contribution in [-0.2, 0) is 0 Å². The lowest BCUT2D eigenvalue weighted by molar-refractivity contribution is 0.0729. The summed E-state index contributed by atoms with van der Waals surface area (Å²) in [5.41, 5.74) is 1.86. The molecule has 0 radical (unpaired) electrons. The Bertz CT molecular complexity index is 1030. The Morgan fingerprint density at radius 2 is 1.90 bits per heavy atom. The van der Waals surface area contributed by atoms with Crippen molar-refractivity contribution in [1.29, 1.82) is 0 Å². The third kappa shape index (κ3) is 3.75. The van der Waals surface area contributed by atoms with Crippen LogP contribution in [0.15, 0.2) is 54.7 Å². The molecule has 3 aromatic rings. The third-order valence-corrected chi connectivity index (χ3v) is 5.29. The van der Waals surface area contributed by atoms with Gasteiger partial charge >= 0.3 is 0 Å². The second-order valence-corrected chi connectivity index (χ2v) is 7.90. The van der Waals surface area contributed by atoms with Crippen molar-refractivity contribution in [3.8, 4) is 0 Å². The minimum Gasteiger partial charge on any atom is -0.350 e. The molecule has 0 aliphatic carbocycles. The minimum atomic E-state index is -0.174. The van der Waals surface area contributed by atoms with E-state index in [1.165, 1.54) is 0 Å². The number of carbonyl (C=O) groups excluding carboxylic acids is 2. The van der Waals surface area contributed by atoms with E-state index in [1.807, 2.05) is 64.0 Å². The number of hydrogen-bond donors (Lipinski definition) is 1. The summed E-state index contributed by atoms with van der Waals surface area (Å²) in [5.74, 6) is 0.942. The monoisotopic (exact) mass is 390 g/mol. The van der Waals surface area contributed by atoms with Crippen molar-refractivity contribution >= 4 is 17.3 Å². The van der Waals surface area contributed by atoms with Crippen LogP contribution in [0.1, 0.15) is 59.4 Å². The zero-order valence-corrected chi connectivity index (χ0v) is 16.8. The second-order valence-electron chi connectivity index (χ2n) is 7.90. The van der Waals surface area contributed by atoms with Gasteiger partial charge in [-0.25, -0.2) is 4.98 Å². The molecule has 6 nitrogen and oxygen atoms in total. The van der Waals surface area contributed by atoms with Gasteiger partial charge < -0.3 is 14.6 Å². The van der Waals surface area contributed by atoms with Crippen LogP contribution >= 0.6 is 0 Å². The van der Waals surface area contributed by atoms with Gasteiger partial charge in [0.25, 0.3) is 11.8 Å². The van der Waals surface area contributed by atoms with Crippen LogP contribution < -0.4 is 5.32 Å². The number of pyridine rings is 1. The first-order valence-corrected chi connectivity index (χ1v) is 10.2. The molecule has 3 heterocycles. The first-order valence-electron chi connectivity index (χ1n) is 10.2. The molecule has 1 aliphatic rings. The fourth-order valence-electron chi connectivity index (χ4n) is 3.87. The highest BCUT2D eigenvalue weighted by Gasteiger charge is 2.34. The molecule has 150 valence electrons. The summed E-state index contributed by atoms with van der Waals surface area (Å²) in [6, 6.07) is 14.9. The number of hydrogen-bond acceptors (Lipinski definition) is 3. The lowest BCUT2D eigenvalue weighted by Gasteiger charge is -2.24. The summed E-state index contributed by atoms with van der Waals surface area (Å²) in [5, 5.41) is 2.96. The van der Waals surface area contributed by atoms with Crippen molar-refractivity contribution in [3.05, 3.63) is 71.8 Å². The Morgan fingerprint density at radius 1 is 1.14 bits per heavy atom. The lowest BCUT2D eigenvalue weighted by atomic mass is 10.1. The molecule has 0 spiro atoms. The Labute approximate surface area is 170 Å². The predicted molar refractivity (Wildman–Crippen MR) is 112 cm³/mol. The molecule has 4 rings (SSSR count). The van der Waals surface area contributed by atoms with Crippen LogP contribution in [0.25, 0.3) is 5.52 Å². The number of rotatable bonds is 5. The number of imidazole rings is 1. The highest BCUT2D eigenvalue weighted by Crippen LogP contribution is 2.33. The van der Waals surface area contributed by atoms with Crippen LogP contribution in [0.2, 0.25) is 0 Å². The lowest BCUT2D eigenvalue weighted by Crippen LogP contribution is -2.31. The molecule has 1 N–H and O–H groups in total. The number of nitrogens with zero attached hydrogens (tertiary/aromatic N) is 3. The van der Waals surface area contributed by atoms with E-state index in [1.54, 1.807) is 0 Å². The van der Waals surface area contributed by atoms with E-state index >= 15 is 0 Å². The van der Waals surface area contributed by atoms with Crippen LogP contribution in [0, 0.1) is 5.92 Å². The topological polar surface area (TPSA) is 66.7 Å². The van der Waals surface area contributed by atoms with Gasteiger partial charge in [-0.05, 0) is 43.0 Å². The van der Waals surface area contributed by atoms with Gasteiger partial charge in [-0.3, -0.25) is 9.59 Å². The smallest absolute Gasteiger partial charge is 0.272 e. The van der Waals surface area contributed by atoms with Crippen LogP contribution in [-0.4, -0.2) is 39.2 Å². The predicted octanol–water partition coefficient (Wildman–Crippen LogP) is 3.70. The van der Waals surface area contributed by atoms with Crippen LogP contribution in [0.5, 0.6) is 0 Å². The molecule has 0 saturated carbocycles. The van der Waals surface area contributed by atoms with Crippen molar-refractivity contribution in [2.24, 2.45) is 5.92 Å². The average molecular weight is 390 g/mol. The van der Waals surface area contributed by atoms with E-state index in [0.717, 1.165) is 24.2 Å². The summed E-state index contributed by atoms with van der Waals surface area (Å²) in [7, 11) is 0. The van der Waals surface area contributed by atoms with Gasteiger partial charge in [-0.2, -0.15) is 0 Å². The maximum absolute atomic E-state index is 13.1. The molecule has 1 aliphatic heterocycles. The zero-order chi connectivity index (χ0) is 20.4. The second kappa shape index (κ2) is 8.07. The Kier molecular flexibility index (Phi) is 5.34. The molecule has 2 aromatic heterocycles. The maximum atomic E-state index is 13.1. The van der Waals surface area contributed by atoms with Crippen molar-refractivity contribution in [1.82, 2.24) is 19.6 Å². The van der Waals surface area contributed by atoms with Crippen molar-refractivity contribution in [2.75, 3.05) is 13.1 Å². The van der Waals surface area contributed by atoms with E-state index in [-0.39, 0.29) is 17.9 Å². The van der Waals surface area contributed by atoms with Crippen molar-refractivity contribution < 1.29 is 9.59 Å². The molecular formula is C23H26N4O2. The molecule has 6 heteroatoms. The van der Waals surface area contributed by atoms with Crippen molar-refractivity contribution in [3.63, 3.8) is 0 Å². The minimum absolute atomic E-state index is 0.00610. The summed E-state index contributed by atoms with van der Waals surface area (Å²) in [6.45, 7) is 5.41. The first-order chi connectivity index (χ1) is 14.1. The zero-order valence-electron chi connectivity index (χ0n) is 16.8. The van der Waals surface area contributed by atoms with Gasteiger partial charge in [0.2, 0.25) is 0 Å². The molecule has 2 amide bonds. The van der Waals surface area contributed by atoms with E-state index in [4.69, 9.17) is 4.98 Å². The standard InChI is InChI=1S/C23H26N4O2/c1-16(2)15-24-22(28)20-18-11-6-7-13-26(18)21(25-20)19-12-8-14-27(19)23(29)17-9-4-3-5-10-17/h3-7,9-11,13,16,19H,8,12,14-15H2,1-2H3,(H,24,28)/t19-/m0/s1. The van der Waals surface area contributed by atoms with Gasteiger partial charge in [-0.1, -0.05) is 38.1 Å². The molecule has 0 bridgehead atoms. The Morgan fingerprint density at radius 3 is 2.66 bits per heavy atom. The van der Waals surface area contributed by atoms with Crippen molar-refractivity contribution in [2.45, 2.75) is 32.7 Å². The first kappa shape index (κ1) is 19.2. The largest absolute Gasteiger partial charge is 0.350 e. The average Bonchev–Trinajstić information content (AvgIpc) is 3.37. The summed E-state index contributed by atoms with van der Waals surface area (Å²) in [4.78, 5) is 32.5. The SMILES string of the molecule is CC(C)CNC(=O)c1nc([C@@H]2CCCN2C(=O)c2ccccc2)n2ccccc12. The van der Waals surface area contributed by atoms with E-state index < -0.39 is 0 Å². The van der Waals surface area contributed by atoms with Gasteiger partial charge in [0, 0.05) is 24.8 Å². The number of benzene rings is 1. The fraction of sp³-hybridized carbons (Fsp3) is 0.348. The summed E-state index contributed by atoms with van der Waals surface area (Å²) < 4.78 is 1.95. The normalized spacial score (nSPS) is 16.5. The molecule has 1 saturated heterocycles. The molecule has 0 unspecified atom stereocenters. The highest BCUT2D eigenvalue weighted by molar-refractivity contribution is 5.99. The summed E-state index contributed by atoms with van der Waals surface area (Å²) >= 11 is 0. The van der Waals surface area contributed by atoms with Crippen LogP contribution in [0.3, 0.4) is 0 Å². The molecule has 29 heavy (non-hydrogen) atoms. The summed E-state index contributed by atoms with van der Waals surface area (Å²) in [6.07, 6.45) is 3.67. The highest BCUT2D eigenvalue weighted by atomic mass is 16.2. The quantitative estimate of drug-likeness (QED) is 0.722. The number of carbonyl (C=O) groups is 2. The van der Waals surface area contributed by atoms with Gasteiger partial charge in [0.05, 0.1) is 11.6 Å². The molecule has 1 atom stereocenters. The third-order valence-electron chi connectivity index (χ3n) is 5.29. The maximum Gasteiger partial charge on any atom is 0.272 e. The van der Waals surface area contributed by atoms with Gasteiger partial charge in [-0.15, -0.1) is 0 Å². The Hall–Kier alpha value is -3.15. The number of likely N-dealkylation sites (tertiary alicyclic amines) is 1. The Balaban J connectivity index is 1.70. The number of fused-ring (bicyclic) bond motifs is 1. The molecule has 1 aromatic carbocycles. The fourth-order valence-corrected chi connectivity index (χ4v) is 3.87. The van der Waals surface area contributed by atoms with Gasteiger partial charge in [0.1, 0.15) is 5.82 Å².